The smallest absolute Gasteiger partial charge is 0.346 e. The fourth-order valence-electron chi connectivity index (χ4n) is 12.2. The predicted octanol–water partition coefficient (Wildman–Crippen LogP) is -2.21. The summed E-state index contributed by atoms with van der Waals surface area (Å²) in [5.74, 6) is -44.9. The summed E-state index contributed by atoms with van der Waals surface area (Å²) in [5, 5.41) is 167. The number of hydrogen-bond donors (Lipinski definition) is 15. The van der Waals surface area contributed by atoms with Crippen LogP contribution in [0.3, 0.4) is 0 Å². The number of Topliss-reactive ketones (excluding diaryl/α,β-unsaturated/α-hetero) is 1. The van der Waals surface area contributed by atoms with E-state index in [-0.39, 0.29) is 0 Å². The van der Waals surface area contributed by atoms with E-state index in [1.165, 1.54) is 0 Å². The van der Waals surface area contributed by atoms with Crippen molar-refractivity contribution in [1.82, 2.24) is 0 Å². The Labute approximate surface area is 434 Å². The number of ketones is 1. The fraction of sp³-hybridized carbons (Fsp3) is 0.354. The van der Waals surface area contributed by atoms with Crippen LogP contribution in [0, 0.1) is 11.3 Å². The molecule has 31 heteroatoms. The molecule has 414 valence electrons. The Bertz CT molecular complexity index is 3530. The lowest BCUT2D eigenvalue weighted by Gasteiger charge is -2.64. The van der Waals surface area contributed by atoms with E-state index in [4.69, 9.17) is 42.6 Å². The zero-order valence-corrected chi connectivity index (χ0v) is 39.1. The summed E-state index contributed by atoms with van der Waals surface area (Å²) in [5.41, 5.74) is -15.0. The van der Waals surface area contributed by atoms with Gasteiger partial charge in [-0.2, -0.15) is 0 Å². The zero-order chi connectivity index (χ0) is 56.9. The maximum Gasteiger partial charge on any atom is 0.346 e. The first kappa shape index (κ1) is 50.5. The van der Waals surface area contributed by atoms with Gasteiger partial charge in [0.05, 0.1) is 41.4 Å². The summed E-state index contributed by atoms with van der Waals surface area (Å²) in [7, 11) is 0. The number of rotatable bonds is 2. The van der Waals surface area contributed by atoms with Gasteiger partial charge in [0.25, 0.3) is 11.6 Å². The molecule has 9 aliphatic rings. The number of esters is 6. The average molecular weight is 1110 g/mol. The van der Waals surface area contributed by atoms with Crippen molar-refractivity contribution in [2.75, 3.05) is 13.2 Å². The van der Waals surface area contributed by atoms with Crippen LogP contribution < -0.4 is 4.74 Å². The summed E-state index contributed by atoms with van der Waals surface area (Å²) in [6.07, 6.45) is -16.8. The van der Waals surface area contributed by atoms with Gasteiger partial charge in [-0.15, -0.1) is 0 Å². The van der Waals surface area contributed by atoms with Gasteiger partial charge < -0.3 is 119 Å². The highest BCUT2D eigenvalue weighted by Gasteiger charge is 2.97. The third-order valence-corrected chi connectivity index (χ3v) is 15.7. The van der Waals surface area contributed by atoms with Crippen molar-refractivity contribution < 1.29 is 153 Å². The van der Waals surface area contributed by atoms with Crippen LogP contribution in [0.25, 0.3) is 11.1 Å². The number of fused-ring (bicyclic) bond motifs is 5. The van der Waals surface area contributed by atoms with Crippen LogP contribution in [0.5, 0.6) is 69.0 Å². The average Bonchev–Trinajstić information content (AvgIpc) is 1.67. The summed E-state index contributed by atoms with van der Waals surface area (Å²) in [4.78, 5) is 104. The molecule has 2 saturated carbocycles. The van der Waals surface area contributed by atoms with Crippen molar-refractivity contribution in [2.24, 2.45) is 11.3 Å². The topological polar surface area (TPSA) is 506 Å². The molecule has 7 heterocycles. The number of carbonyl (C=O) groups excluding carboxylic acids is 7. The first-order chi connectivity index (χ1) is 37.1. The van der Waals surface area contributed by atoms with Gasteiger partial charge in [-0.1, -0.05) is 0 Å². The lowest BCUT2D eigenvalue weighted by atomic mass is 9.47. The number of phenols is 11. The molecule has 6 bridgehead atoms. The van der Waals surface area contributed by atoms with E-state index in [1.54, 1.807) is 0 Å². The monoisotopic (exact) mass is 1110 g/mol. The van der Waals surface area contributed by atoms with E-state index in [1.807, 2.05) is 0 Å². The number of aliphatic hydroxyl groups is 4. The standard InChI is InChI=1S/C48H36O31/c49-15-1-10(2-16(50)26(15)56)38(62)73-21-3-11-8-71-39(63)12-4-17(51)27(57)30(60)23(12)24-13(5-18(52)28(58)31(24)61)40(64)75-35-32(11)76-42(66)44-7-22(55)46(68,79-45(44)43(67)77-37-20(54)9-72-48(37,45)70)47(69)36(44)25-14(41(65)74-33(21)35)6-19(53)29(59)34(25)78-47/h1-2,4-6,11,20-21,32-33,35-37,49-54,56-61,68-70H,3,7-9H2/t11-,20+,21-,32-,33+,35+,36-,37-,44+,45-,46-,47-,48+/m1/s1. The predicted molar refractivity (Wildman–Crippen MR) is 235 cm³/mol. The minimum absolute atomic E-state index is 0.342. The number of cyclic esters (lactones) is 1. The summed E-state index contributed by atoms with van der Waals surface area (Å²) >= 11 is 0. The van der Waals surface area contributed by atoms with Gasteiger partial charge in [0.1, 0.15) is 23.7 Å². The van der Waals surface area contributed by atoms with Gasteiger partial charge in [-0.25, -0.2) is 24.0 Å². The number of carbonyl (C=O) groups is 7. The lowest BCUT2D eigenvalue weighted by molar-refractivity contribution is -0.459. The van der Waals surface area contributed by atoms with Crippen molar-refractivity contribution in [1.29, 1.82) is 0 Å². The van der Waals surface area contributed by atoms with Gasteiger partial charge >= 0.3 is 35.8 Å². The van der Waals surface area contributed by atoms with Gasteiger partial charge in [-0.05, 0) is 36.8 Å². The number of aliphatic hydroxyl groups excluding tert-OH is 1. The number of ether oxygens (including phenoxy) is 9. The molecule has 0 radical (unpaired) electrons. The van der Waals surface area contributed by atoms with Crippen molar-refractivity contribution in [3.05, 3.63) is 58.1 Å². The number of aromatic hydroxyl groups is 11. The van der Waals surface area contributed by atoms with E-state index in [2.05, 4.69) is 0 Å². The fourth-order valence-corrected chi connectivity index (χ4v) is 12.2. The van der Waals surface area contributed by atoms with Crippen molar-refractivity contribution in [3.8, 4) is 80.1 Å². The normalized spacial score (nSPS) is 34.6. The van der Waals surface area contributed by atoms with Crippen LogP contribution in [-0.4, -0.2) is 191 Å². The van der Waals surface area contributed by atoms with Crippen molar-refractivity contribution >= 4 is 41.6 Å². The molecule has 4 saturated heterocycles. The van der Waals surface area contributed by atoms with E-state index in [0.717, 1.165) is 0 Å². The molecule has 0 amide bonds. The van der Waals surface area contributed by atoms with Crippen LogP contribution in [0.4, 0.5) is 0 Å². The largest absolute Gasteiger partial charge is 0.504 e. The molecule has 7 aliphatic heterocycles. The highest BCUT2D eigenvalue weighted by atomic mass is 16.8. The minimum Gasteiger partial charge on any atom is -0.504 e. The molecule has 2 spiro atoms. The van der Waals surface area contributed by atoms with E-state index in [0.29, 0.717) is 30.3 Å². The molecule has 13 rings (SSSR count). The number of hydrogen-bond acceptors (Lipinski definition) is 31. The Kier molecular flexibility index (Phi) is 10.2. The number of phenolic OH excluding ortho intramolecular Hbond substituents is 11. The van der Waals surface area contributed by atoms with Crippen LogP contribution in [0.15, 0.2) is 30.3 Å². The third kappa shape index (κ3) is 6.06. The maximum atomic E-state index is 16.2. The Morgan fingerprint density at radius 3 is 1.77 bits per heavy atom. The summed E-state index contributed by atoms with van der Waals surface area (Å²) in [6, 6.07) is 2.33. The Morgan fingerprint density at radius 2 is 1.14 bits per heavy atom. The molecule has 31 nitrogen and oxygen atoms in total. The molecule has 4 aromatic rings. The maximum absolute atomic E-state index is 16.2. The van der Waals surface area contributed by atoms with Crippen LogP contribution >= 0.6 is 0 Å². The second kappa shape index (κ2) is 15.9. The molecule has 15 N–H and O–H groups in total. The molecular formula is C48H36O31. The van der Waals surface area contributed by atoms with E-state index < -0.39 is 252 Å². The Morgan fingerprint density at radius 1 is 0.582 bits per heavy atom. The molecule has 6 fully saturated rings. The van der Waals surface area contributed by atoms with Crippen LogP contribution in [0.2, 0.25) is 0 Å². The van der Waals surface area contributed by atoms with Gasteiger partial charge in [0, 0.05) is 29.0 Å². The van der Waals surface area contributed by atoms with Crippen molar-refractivity contribution in [2.45, 2.75) is 78.3 Å². The molecule has 0 unspecified atom stereocenters. The molecule has 13 atom stereocenters. The van der Waals surface area contributed by atoms with Gasteiger partial charge in [0.2, 0.25) is 28.6 Å². The highest BCUT2D eigenvalue weighted by molar-refractivity contribution is 6.09. The highest BCUT2D eigenvalue weighted by Crippen LogP contribution is 2.76. The molecule has 0 aromatic heterocycles. The van der Waals surface area contributed by atoms with Crippen LogP contribution in [0.1, 0.15) is 65.8 Å². The third-order valence-electron chi connectivity index (χ3n) is 15.7. The second-order valence-corrected chi connectivity index (χ2v) is 19.7. The quantitative estimate of drug-likeness (QED) is 0.0575. The Hall–Kier alpha value is -9.27. The summed E-state index contributed by atoms with van der Waals surface area (Å²) < 4.78 is 51.7. The molecule has 4 aromatic carbocycles. The first-order valence-corrected chi connectivity index (χ1v) is 23.1. The molecular weight excluding hydrogens is 1070 g/mol. The van der Waals surface area contributed by atoms with Gasteiger partial charge in [0.15, 0.2) is 75.8 Å². The lowest BCUT2D eigenvalue weighted by Crippen LogP contribution is -2.88. The Balaban J connectivity index is 1.13. The van der Waals surface area contributed by atoms with E-state index in [9.17, 15) is 95.8 Å². The van der Waals surface area contributed by atoms with Crippen LogP contribution in [-0.2, 0) is 52.3 Å². The zero-order valence-electron chi connectivity index (χ0n) is 39.1. The van der Waals surface area contributed by atoms with Crippen molar-refractivity contribution in [3.63, 3.8) is 0 Å². The summed E-state index contributed by atoms with van der Waals surface area (Å²) in [6.45, 7) is -2.20. The SMILES string of the molecule is O=C(O[C@@H]1C[C@@H]2COC(=O)c3cc(O)c(O)c(O)c3-c3c(cc(O)c(O)c3O)C(=O)O[C@H]3[C@@H]2OC(=O)[C@@]24CC(=O)[C@@](O)(O[C@]25C(=O)O[C@@H]2[C@@H](O)CO[C@@]25O)[C@]2(O)Oc5c(O)c(O)cc(c5[C@@H]24)C(=O)O[C@H]31)c1cc(O)c(O)c(O)c1. The second-order valence-electron chi connectivity index (χ2n) is 19.7. The minimum atomic E-state index is -4.02. The molecule has 79 heavy (non-hydrogen) atoms. The van der Waals surface area contributed by atoms with E-state index >= 15 is 14.4 Å². The van der Waals surface area contributed by atoms with Gasteiger partial charge in [-0.3, -0.25) is 9.59 Å². The first-order valence-electron chi connectivity index (χ1n) is 23.1. The molecule has 2 aliphatic carbocycles. The number of benzene rings is 4.